The maximum atomic E-state index is 12.0. The Kier molecular flexibility index (Phi) is 5.75. The third kappa shape index (κ3) is 4.42. The van der Waals surface area contributed by atoms with E-state index in [1.54, 1.807) is 30.3 Å². The predicted molar refractivity (Wildman–Crippen MR) is 92.5 cm³/mol. The molecule has 2 rings (SSSR count). The molecular formula is C17H15BrClNO2. The molecule has 114 valence electrons. The average molecular weight is 381 g/mol. The van der Waals surface area contributed by atoms with E-state index in [-0.39, 0.29) is 24.5 Å². The molecule has 0 saturated heterocycles. The molecule has 5 heteroatoms. The summed E-state index contributed by atoms with van der Waals surface area (Å²) in [5, 5.41) is 3.38. The van der Waals surface area contributed by atoms with Crippen LogP contribution in [0.3, 0.4) is 0 Å². The second kappa shape index (κ2) is 7.56. The van der Waals surface area contributed by atoms with Crippen LogP contribution in [0.4, 0.5) is 5.69 Å². The van der Waals surface area contributed by atoms with Crippen LogP contribution < -0.4 is 5.32 Å². The standard InChI is InChI=1S/C17H15BrClNO2/c1-11-14(19)3-2-4-15(11)20-17(22)10-9-16(21)12-5-7-13(18)8-6-12/h2-8H,9-10H2,1H3,(H,20,22). The van der Waals surface area contributed by atoms with Gasteiger partial charge in [-0.1, -0.05) is 45.7 Å². The van der Waals surface area contributed by atoms with Crippen molar-refractivity contribution < 1.29 is 9.59 Å². The zero-order chi connectivity index (χ0) is 16.1. The third-order valence-electron chi connectivity index (χ3n) is 3.29. The lowest BCUT2D eigenvalue weighted by atomic mass is 10.1. The van der Waals surface area contributed by atoms with E-state index in [1.165, 1.54) is 0 Å². The number of carbonyl (C=O) groups is 2. The smallest absolute Gasteiger partial charge is 0.224 e. The summed E-state index contributed by atoms with van der Waals surface area (Å²) in [6.07, 6.45) is 0.313. The van der Waals surface area contributed by atoms with E-state index in [4.69, 9.17) is 11.6 Å². The quantitative estimate of drug-likeness (QED) is 0.741. The number of rotatable bonds is 5. The first-order chi connectivity index (χ1) is 10.5. The normalized spacial score (nSPS) is 10.3. The molecule has 0 heterocycles. The number of nitrogens with one attached hydrogen (secondary N) is 1. The Hall–Kier alpha value is -1.65. The largest absolute Gasteiger partial charge is 0.326 e. The summed E-state index contributed by atoms with van der Waals surface area (Å²) < 4.78 is 0.915. The maximum Gasteiger partial charge on any atom is 0.224 e. The molecule has 0 spiro atoms. The molecule has 0 aliphatic rings. The van der Waals surface area contributed by atoms with Crippen LogP contribution in [-0.2, 0) is 4.79 Å². The van der Waals surface area contributed by atoms with Gasteiger partial charge in [-0.25, -0.2) is 0 Å². The van der Waals surface area contributed by atoms with E-state index >= 15 is 0 Å². The van der Waals surface area contributed by atoms with Gasteiger partial charge in [0.25, 0.3) is 0 Å². The van der Waals surface area contributed by atoms with Crippen molar-refractivity contribution in [3.8, 4) is 0 Å². The summed E-state index contributed by atoms with van der Waals surface area (Å²) >= 11 is 9.33. The summed E-state index contributed by atoms with van der Waals surface area (Å²) in [6.45, 7) is 1.84. The van der Waals surface area contributed by atoms with Crippen LogP contribution in [0.2, 0.25) is 5.02 Å². The lowest BCUT2D eigenvalue weighted by Crippen LogP contribution is -2.14. The number of ketones is 1. The third-order valence-corrected chi connectivity index (χ3v) is 4.23. The highest BCUT2D eigenvalue weighted by molar-refractivity contribution is 9.10. The number of hydrogen-bond donors (Lipinski definition) is 1. The lowest BCUT2D eigenvalue weighted by molar-refractivity contribution is -0.116. The molecule has 2 aromatic carbocycles. The Morgan fingerprint density at radius 3 is 2.45 bits per heavy atom. The van der Waals surface area contributed by atoms with Crippen LogP contribution in [0.15, 0.2) is 46.9 Å². The van der Waals surface area contributed by atoms with E-state index in [0.717, 1.165) is 10.0 Å². The molecule has 1 amide bonds. The number of halogens is 2. The molecule has 1 N–H and O–H groups in total. The minimum absolute atomic E-state index is 0.0505. The maximum absolute atomic E-state index is 12.0. The highest BCUT2D eigenvalue weighted by atomic mass is 79.9. The summed E-state index contributed by atoms with van der Waals surface area (Å²) in [4.78, 5) is 24.0. The van der Waals surface area contributed by atoms with Gasteiger partial charge in [0.1, 0.15) is 0 Å². The zero-order valence-corrected chi connectivity index (χ0v) is 14.4. The Morgan fingerprint density at radius 1 is 1.09 bits per heavy atom. The number of anilines is 1. The van der Waals surface area contributed by atoms with Crippen molar-refractivity contribution in [3.05, 3.63) is 63.1 Å². The Morgan fingerprint density at radius 2 is 1.77 bits per heavy atom. The Labute approximate surface area is 142 Å². The molecule has 0 aliphatic heterocycles. The molecule has 22 heavy (non-hydrogen) atoms. The SMILES string of the molecule is Cc1c(Cl)cccc1NC(=O)CCC(=O)c1ccc(Br)cc1. The van der Waals surface area contributed by atoms with E-state index in [1.807, 2.05) is 19.1 Å². The number of carbonyl (C=O) groups excluding carboxylic acids is 2. The highest BCUT2D eigenvalue weighted by Crippen LogP contribution is 2.23. The molecule has 0 fully saturated rings. The summed E-state index contributed by atoms with van der Waals surface area (Å²) in [5.41, 5.74) is 2.10. The van der Waals surface area contributed by atoms with Gasteiger partial charge >= 0.3 is 0 Å². The van der Waals surface area contributed by atoms with Gasteiger partial charge in [-0.2, -0.15) is 0 Å². The van der Waals surface area contributed by atoms with Crippen molar-refractivity contribution in [2.24, 2.45) is 0 Å². The van der Waals surface area contributed by atoms with Gasteiger partial charge in [0.2, 0.25) is 5.91 Å². The fourth-order valence-electron chi connectivity index (χ4n) is 1.96. The van der Waals surface area contributed by atoms with Gasteiger partial charge in [-0.3, -0.25) is 9.59 Å². The van der Waals surface area contributed by atoms with E-state index in [0.29, 0.717) is 16.3 Å². The molecular weight excluding hydrogens is 366 g/mol. The number of amides is 1. The monoisotopic (exact) mass is 379 g/mol. The first kappa shape index (κ1) is 16.7. The molecule has 0 saturated carbocycles. The van der Waals surface area contributed by atoms with Crippen molar-refractivity contribution in [2.75, 3.05) is 5.32 Å². The highest BCUT2D eigenvalue weighted by Gasteiger charge is 2.11. The van der Waals surface area contributed by atoms with E-state index in [9.17, 15) is 9.59 Å². The molecule has 0 bridgehead atoms. The van der Waals surface area contributed by atoms with Gasteiger partial charge in [0.05, 0.1) is 0 Å². The second-order valence-corrected chi connectivity index (χ2v) is 6.21. The molecule has 0 aliphatic carbocycles. The molecule has 0 aromatic heterocycles. The minimum atomic E-state index is -0.198. The zero-order valence-electron chi connectivity index (χ0n) is 12.0. The first-order valence-corrected chi connectivity index (χ1v) is 7.98. The van der Waals surface area contributed by atoms with Gasteiger partial charge in [0.15, 0.2) is 5.78 Å². The van der Waals surface area contributed by atoms with Crippen LogP contribution >= 0.6 is 27.5 Å². The van der Waals surface area contributed by atoms with Crippen molar-refractivity contribution in [3.63, 3.8) is 0 Å². The van der Waals surface area contributed by atoms with Crippen LogP contribution in [-0.4, -0.2) is 11.7 Å². The van der Waals surface area contributed by atoms with Crippen LogP contribution in [0.1, 0.15) is 28.8 Å². The van der Waals surface area contributed by atoms with Crippen molar-refractivity contribution in [2.45, 2.75) is 19.8 Å². The minimum Gasteiger partial charge on any atom is -0.326 e. The van der Waals surface area contributed by atoms with E-state index in [2.05, 4.69) is 21.2 Å². The van der Waals surface area contributed by atoms with Crippen LogP contribution in [0, 0.1) is 6.92 Å². The first-order valence-electron chi connectivity index (χ1n) is 6.81. The molecule has 3 nitrogen and oxygen atoms in total. The molecule has 0 radical (unpaired) electrons. The van der Waals surface area contributed by atoms with Crippen molar-refractivity contribution >= 4 is 44.9 Å². The fourth-order valence-corrected chi connectivity index (χ4v) is 2.40. The van der Waals surface area contributed by atoms with Gasteiger partial charge in [0, 0.05) is 33.6 Å². The number of benzene rings is 2. The van der Waals surface area contributed by atoms with Crippen molar-refractivity contribution in [1.82, 2.24) is 0 Å². The molecule has 2 aromatic rings. The van der Waals surface area contributed by atoms with Gasteiger partial charge < -0.3 is 5.32 Å². The van der Waals surface area contributed by atoms with E-state index < -0.39 is 0 Å². The van der Waals surface area contributed by atoms with Crippen LogP contribution in [0.5, 0.6) is 0 Å². The van der Waals surface area contributed by atoms with Gasteiger partial charge in [-0.15, -0.1) is 0 Å². The number of Topliss-reactive ketones (excluding diaryl/α,β-unsaturated/α-hetero) is 1. The van der Waals surface area contributed by atoms with Crippen LogP contribution in [0.25, 0.3) is 0 Å². The molecule has 0 atom stereocenters. The second-order valence-electron chi connectivity index (χ2n) is 4.89. The Bertz CT molecular complexity index is 698. The Balaban J connectivity index is 1.91. The summed E-state index contributed by atoms with van der Waals surface area (Å²) in [7, 11) is 0. The number of hydrogen-bond acceptors (Lipinski definition) is 2. The summed E-state index contributed by atoms with van der Waals surface area (Å²) in [5.74, 6) is -0.249. The fraction of sp³-hybridized carbons (Fsp3) is 0.176. The molecule has 0 unspecified atom stereocenters. The van der Waals surface area contributed by atoms with Crippen molar-refractivity contribution in [1.29, 1.82) is 0 Å². The average Bonchev–Trinajstić information content (AvgIpc) is 2.50. The predicted octanol–water partition coefficient (Wildman–Crippen LogP) is 5.01. The summed E-state index contributed by atoms with van der Waals surface area (Å²) in [6, 6.07) is 12.4. The topological polar surface area (TPSA) is 46.2 Å². The van der Waals surface area contributed by atoms with Gasteiger partial charge in [-0.05, 0) is 36.8 Å². The lowest BCUT2D eigenvalue weighted by Gasteiger charge is -2.09.